The lowest BCUT2D eigenvalue weighted by Crippen LogP contribution is -2.22. The Labute approximate surface area is 113 Å². The van der Waals surface area contributed by atoms with Gasteiger partial charge >= 0.3 is 0 Å². The molecule has 0 spiro atoms. The van der Waals surface area contributed by atoms with Crippen LogP contribution in [0.4, 0.5) is 0 Å². The molecule has 1 heterocycles. The van der Waals surface area contributed by atoms with E-state index in [1.165, 1.54) is 57.8 Å². The summed E-state index contributed by atoms with van der Waals surface area (Å²) in [6.07, 6.45) is 11.9. The zero-order valence-electron chi connectivity index (χ0n) is 12.3. The number of ether oxygens (including phenoxy) is 2. The minimum Gasteiger partial charge on any atom is -0.350 e. The highest BCUT2D eigenvalue weighted by atomic mass is 16.7. The van der Waals surface area contributed by atoms with Crippen LogP contribution >= 0.6 is 0 Å². The highest BCUT2D eigenvalue weighted by Crippen LogP contribution is 2.27. The van der Waals surface area contributed by atoms with Gasteiger partial charge < -0.3 is 9.47 Å². The third kappa shape index (κ3) is 6.19. The fourth-order valence-corrected chi connectivity index (χ4v) is 2.69. The van der Waals surface area contributed by atoms with Gasteiger partial charge in [0.05, 0.1) is 12.7 Å². The molecule has 1 aliphatic rings. The fraction of sp³-hybridized carbons (Fsp3) is 0.938. The van der Waals surface area contributed by atoms with E-state index in [0.717, 1.165) is 0 Å². The molecule has 0 amide bonds. The van der Waals surface area contributed by atoms with E-state index >= 15 is 0 Å². The summed E-state index contributed by atoms with van der Waals surface area (Å²) in [6.45, 7) is 9.09. The van der Waals surface area contributed by atoms with E-state index < -0.39 is 0 Å². The van der Waals surface area contributed by atoms with E-state index in [9.17, 15) is 0 Å². The van der Waals surface area contributed by atoms with Crippen molar-refractivity contribution in [2.24, 2.45) is 5.92 Å². The summed E-state index contributed by atoms with van der Waals surface area (Å²) < 4.78 is 11.4. The second kappa shape index (κ2) is 9.80. The monoisotopic (exact) mass is 255 g/mol. The summed E-state index contributed by atoms with van der Waals surface area (Å²) in [5, 5.41) is 0. The van der Waals surface area contributed by atoms with Crippen LogP contribution in [0.25, 0.3) is 0 Å². The summed E-state index contributed by atoms with van der Waals surface area (Å²) in [6, 6.07) is 0. The molecular weight excluding hydrogens is 224 g/mol. The topological polar surface area (TPSA) is 18.5 Å². The van der Waals surface area contributed by atoms with Crippen LogP contribution in [0.2, 0.25) is 0 Å². The minimum atomic E-state index is 0.0168. The number of hydrogen-bond acceptors (Lipinski definition) is 2. The van der Waals surface area contributed by atoms with Gasteiger partial charge in [0.2, 0.25) is 0 Å². The summed E-state index contributed by atoms with van der Waals surface area (Å²) >= 11 is 0. The van der Waals surface area contributed by atoms with E-state index in [2.05, 4.69) is 20.8 Å². The molecule has 0 bridgehead atoms. The first-order chi connectivity index (χ1) is 8.77. The molecule has 3 unspecified atom stereocenters. The third-order valence-electron chi connectivity index (χ3n) is 3.75. The van der Waals surface area contributed by atoms with Crippen molar-refractivity contribution in [1.29, 1.82) is 0 Å². The molecule has 107 valence electrons. The molecule has 0 aromatic carbocycles. The van der Waals surface area contributed by atoms with Crippen LogP contribution in [0.5, 0.6) is 0 Å². The first kappa shape index (κ1) is 16.0. The van der Waals surface area contributed by atoms with Crippen LogP contribution in [-0.2, 0) is 9.47 Å². The standard InChI is InChI=1S/C16H31O2/c1-4-6-7-8-9-10-12-15(11-5-2)16-17-13-14(3)18-16/h14-16H,3-13H2,1-2H3. The molecule has 0 aliphatic carbocycles. The Morgan fingerprint density at radius 3 is 2.33 bits per heavy atom. The SMILES string of the molecule is [CH2]C1COC(C(CCC)CCCCCCCC)O1. The zero-order chi connectivity index (χ0) is 13.2. The van der Waals surface area contributed by atoms with Crippen molar-refractivity contribution >= 4 is 0 Å². The van der Waals surface area contributed by atoms with Crippen LogP contribution in [-0.4, -0.2) is 19.0 Å². The highest BCUT2D eigenvalue weighted by Gasteiger charge is 2.29. The molecule has 0 N–H and O–H groups in total. The zero-order valence-corrected chi connectivity index (χ0v) is 12.3. The maximum Gasteiger partial charge on any atom is 0.160 e. The average Bonchev–Trinajstić information content (AvgIpc) is 2.79. The lowest BCUT2D eigenvalue weighted by molar-refractivity contribution is -0.0959. The van der Waals surface area contributed by atoms with Crippen molar-refractivity contribution < 1.29 is 9.47 Å². The van der Waals surface area contributed by atoms with Crippen LogP contribution in [0.3, 0.4) is 0 Å². The molecule has 1 fully saturated rings. The molecule has 0 aromatic heterocycles. The largest absolute Gasteiger partial charge is 0.350 e. The van der Waals surface area contributed by atoms with E-state index in [1.54, 1.807) is 0 Å². The van der Waals surface area contributed by atoms with E-state index in [-0.39, 0.29) is 12.4 Å². The van der Waals surface area contributed by atoms with Gasteiger partial charge in [-0.3, -0.25) is 0 Å². The summed E-state index contributed by atoms with van der Waals surface area (Å²) in [7, 11) is 0. The molecule has 1 rings (SSSR count). The summed E-state index contributed by atoms with van der Waals surface area (Å²) in [4.78, 5) is 0. The van der Waals surface area contributed by atoms with E-state index in [0.29, 0.717) is 12.5 Å². The van der Waals surface area contributed by atoms with Crippen molar-refractivity contribution in [3.05, 3.63) is 6.92 Å². The average molecular weight is 255 g/mol. The normalized spacial score (nSPS) is 25.5. The van der Waals surface area contributed by atoms with E-state index in [4.69, 9.17) is 9.47 Å². The molecular formula is C16H31O2. The van der Waals surface area contributed by atoms with Gasteiger partial charge in [-0.2, -0.15) is 0 Å². The summed E-state index contributed by atoms with van der Waals surface area (Å²) in [5.74, 6) is 0.577. The molecule has 18 heavy (non-hydrogen) atoms. The smallest absolute Gasteiger partial charge is 0.160 e. The summed E-state index contributed by atoms with van der Waals surface area (Å²) in [5.41, 5.74) is 0. The Morgan fingerprint density at radius 1 is 1.00 bits per heavy atom. The van der Waals surface area contributed by atoms with Crippen LogP contribution < -0.4 is 0 Å². The van der Waals surface area contributed by atoms with Gasteiger partial charge in [-0.15, -0.1) is 0 Å². The molecule has 1 saturated heterocycles. The van der Waals surface area contributed by atoms with Gasteiger partial charge in [0.25, 0.3) is 0 Å². The van der Waals surface area contributed by atoms with Crippen molar-refractivity contribution in [3.8, 4) is 0 Å². The Bertz CT molecular complexity index is 194. The Kier molecular flexibility index (Phi) is 8.70. The number of hydrogen-bond donors (Lipinski definition) is 0. The van der Waals surface area contributed by atoms with Crippen molar-refractivity contribution in [2.75, 3.05) is 6.61 Å². The molecule has 2 heteroatoms. The first-order valence-corrected chi connectivity index (χ1v) is 7.88. The molecule has 2 nitrogen and oxygen atoms in total. The predicted molar refractivity (Wildman–Crippen MR) is 76.4 cm³/mol. The molecule has 3 atom stereocenters. The van der Waals surface area contributed by atoms with Crippen molar-refractivity contribution in [3.63, 3.8) is 0 Å². The lowest BCUT2D eigenvalue weighted by atomic mass is 9.95. The van der Waals surface area contributed by atoms with Crippen molar-refractivity contribution in [1.82, 2.24) is 0 Å². The highest BCUT2D eigenvalue weighted by molar-refractivity contribution is 4.73. The minimum absolute atomic E-state index is 0.0168. The Hall–Kier alpha value is -0.0800. The molecule has 1 radical (unpaired) electrons. The van der Waals surface area contributed by atoms with Crippen molar-refractivity contribution in [2.45, 2.75) is 84.0 Å². The number of rotatable bonds is 10. The van der Waals surface area contributed by atoms with Crippen LogP contribution in [0, 0.1) is 12.8 Å². The molecule has 0 saturated carbocycles. The first-order valence-electron chi connectivity index (χ1n) is 7.88. The van der Waals surface area contributed by atoms with Crippen LogP contribution in [0.1, 0.15) is 71.6 Å². The Morgan fingerprint density at radius 2 is 1.72 bits per heavy atom. The lowest BCUT2D eigenvalue weighted by Gasteiger charge is -2.22. The van der Waals surface area contributed by atoms with Gasteiger partial charge in [-0.1, -0.05) is 58.8 Å². The van der Waals surface area contributed by atoms with Gasteiger partial charge in [-0.05, 0) is 19.8 Å². The maximum absolute atomic E-state index is 5.74. The third-order valence-corrected chi connectivity index (χ3v) is 3.75. The molecule has 0 aromatic rings. The predicted octanol–water partition coefficient (Wildman–Crippen LogP) is 4.73. The van der Waals surface area contributed by atoms with Gasteiger partial charge in [0.15, 0.2) is 6.29 Å². The van der Waals surface area contributed by atoms with Gasteiger partial charge in [-0.25, -0.2) is 0 Å². The second-order valence-electron chi connectivity index (χ2n) is 5.57. The quantitative estimate of drug-likeness (QED) is 0.525. The molecule has 1 aliphatic heterocycles. The van der Waals surface area contributed by atoms with E-state index in [1.807, 2.05) is 0 Å². The van der Waals surface area contributed by atoms with Gasteiger partial charge in [0.1, 0.15) is 0 Å². The fourth-order valence-electron chi connectivity index (χ4n) is 2.69. The van der Waals surface area contributed by atoms with Crippen LogP contribution in [0.15, 0.2) is 0 Å². The van der Waals surface area contributed by atoms with Gasteiger partial charge in [0, 0.05) is 5.92 Å². The Balaban J connectivity index is 2.13. The second-order valence-corrected chi connectivity index (χ2v) is 5.57. The maximum atomic E-state index is 5.74. The number of unbranched alkanes of at least 4 members (excludes halogenated alkanes) is 5.